The largest absolute Gasteiger partial charge is 0.481 e. The van der Waals surface area contributed by atoms with Crippen LogP contribution in [0.15, 0.2) is 24.3 Å². The second-order valence-corrected chi connectivity index (χ2v) is 6.29. The molecule has 0 aliphatic heterocycles. The molecule has 1 saturated carbocycles. The van der Waals surface area contributed by atoms with Crippen LogP contribution in [0.4, 0.5) is 5.69 Å². The van der Waals surface area contributed by atoms with Crippen LogP contribution in [0, 0.1) is 16.7 Å². The summed E-state index contributed by atoms with van der Waals surface area (Å²) < 4.78 is 0. The number of aliphatic carboxylic acids is 1. The van der Waals surface area contributed by atoms with Crippen LogP contribution >= 0.6 is 11.8 Å². The van der Waals surface area contributed by atoms with Crippen molar-refractivity contribution in [3.63, 3.8) is 0 Å². The lowest BCUT2D eigenvalue weighted by Crippen LogP contribution is -2.17. The van der Waals surface area contributed by atoms with E-state index in [4.69, 9.17) is 10.4 Å². The number of carboxylic acids is 1. The van der Waals surface area contributed by atoms with E-state index in [1.54, 1.807) is 24.3 Å². The Bertz CT molecular complexity index is 574. The summed E-state index contributed by atoms with van der Waals surface area (Å²) in [5.74, 6) is 0.132. The number of hydrogen-bond donors (Lipinski definition) is 2. The molecule has 6 heteroatoms. The molecule has 0 bridgehead atoms. The predicted octanol–water partition coefficient (Wildman–Crippen LogP) is 2.48. The van der Waals surface area contributed by atoms with Crippen molar-refractivity contribution in [3.8, 4) is 6.07 Å². The number of nitrogens with zero attached hydrogens (tertiary/aromatic N) is 1. The molecule has 1 fully saturated rings. The first-order valence-corrected chi connectivity index (χ1v) is 7.78. The first kappa shape index (κ1) is 15.4. The highest BCUT2D eigenvalue weighted by molar-refractivity contribution is 8.00. The number of thioether (sulfide) groups is 1. The zero-order valence-corrected chi connectivity index (χ0v) is 12.3. The number of carboxylic acid groups (broad SMARTS) is 1. The zero-order valence-electron chi connectivity index (χ0n) is 11.5. The maximum absolute atomic E-state index is 11.8. The van der Waals surface area contributed by atoms with Gasteiger partial charge in [0.2, 0.25) is 5.91 Å². The van der Waals surface area contributed by atoms with Gasteiger partial charge in [-0.2, -0.15) is 17.0 Å². The predicted molar refractivity (Wildman–Crippen MR) is 81.0 cm³/mol. The minimum atomic E-state index is -0.768. The Morgan fingerprint density at radius 1 is 1.33 bits per heavy atom. The lowest BCUT2D eigenvalue weighted by molar-refractivity contribution is -0.138. The number of carbonyl (C=O) groups is 2. The summed E-state index contributed by atoms with van der Waals surface area (Å²) in [6.07, 6.45) is 2.06. The Morgan fingerprint density at radius 3 is 2.52 bits per heavy atom. The van der Waals surface area contributed by atoms with Crippen molar-refractivity contribution in [2.24, 2.45) is 5.41 Å². The summed E-state index contributed by atoms with van der Waals surface area (Å²) in [6, 6.07) is 8.69. The molecule has 1 aromatic carbocycles. The Labute approximate surface area is 127 Å². The fourth-order valence-corrected chi connectivity index (χ4v) is 3.24. The standard InChI is InChI=1S/C15H16N2O3S/c16-8-11-1-3-12(4-2-11)17-13(18)9-21-10-15(5-6-15)7-14(19)20/h1-4H,5-7,9-10H2,(H,17,18)(H,19,20). The molecule has 110 valence electrons. The van der Waals surface area contributed by atoms with Crippen molar-refractivity contribution < 1.29 is 14.7 Å². The van der Waals surface area contributed by atoms with Gasteiger partial charge in [0.15, 0.2) is 0 Å². The van der Waals surface area contributed by atoms with Crippen LogP contribution in [-0.2, 0) is 9.59 Å². The maximum Gasteiger partial charge on any atom is 0.303 e. The third-order valence-corrected chi connectivity index (χ3v) is 4.71. The van der Waals surface area contributed by atoms with E-state index in [1.807, 2.05) is 6.07 Å². The molecule has 21 heavy (non-hydrogen) atoms. The third kappa shape index (κ3) is 4.80. The molecule has 0 radical (unpaired) electrons. The average molecular weight is 304 g/mol. The molecule has 1 aliphatic rings. The second kappa shape index (κ2) is 6.64. The first-order chi connectivity index (χ1) is 10.0. The highest BCUT2D eigenvalue weighted by atomic mass is 32.2. The van der Waals surface area contributed by atoms with Gasteiger partial charge in [-0.05, 0) is 48.3 Å². The summed E-state index contributed by atoms with van der Waals surface area (Å²) in [4.78, 5) is 22.5. The van der Waals surface area contributed by atoms with Gasteiger partial charge in [0.25, 0.3) is 0 Å². The SMILES string of the molecule is N#Cc1ccc(NC(=O)CSCC2(CC(=O)O)CC2)cc1. The van der Waals surface area contributed by atoms with Gasteiger partial charge in [0, 0.05) is 5.69 Å². The fraction of sp³-hybridized carbons (Fsp3) is 0.400. The smallest absolute Gasteiger partial charge is 0.303 e. The van der Waals surface area contributed by atoms with Crippen LogP contribution in [0.25, 0.3) is 0 Å². The van der Waals surface area contributed by atoms with E-state index >= 15 is 0 Å². The molecule has 1 amide bonds. The van der Waals surface area contributed by atoms with Crippen molar-refractivity contribution in [1.82, 2.24) is 0 Å². The Morgan fingerprint density at radius 2 is 2.00 bits per heavy atom. The highest BCUT2D eigenvalue weighted by Crippen LogP contribution is 2.50. The minimum Gasteiger partial charge on any atom is -0.481 e. The van der Waals surface area contributed by atoms with Crippen molar-refractivity contribution >= 4 is 29.3 Å². The monoisotopic (exact) mass is 304 g/mol. The zero-order chi connectivity index (χ0) is 15.3. The maximum atomic E-state index is 11.8. The Kier molecular flexibility index (Phi) is 4.86. The minimum absolute atomic E-state index is 0.0920. The van der Waals surface area contributed by atoms with E-state index in [9.17, 15) is 9.59 Å². The van der Waals surface area contributed by atoms with Gasteiger partial charge >= 0.3 is 5.97 Å². The average Bonchev–Trinajstić information content (AvgIpc) is 3.18. The van der Waals surface area contributed by atoms with Gasteiger partial charge < -0.3 is 10.4 Å². The van der Waals surface area contributed by atoms with Crippen LogP contribution in [0.3, 0.4) is 0 Å². The number of amides is 1. The quantitative estimate of drug-likeness (QED) is 0.807. The lowest BCUT2D eigenvalue weighted by Gasteiger charge is -2.11. The number of nitriles is 1. The van der Waals surface area contributed by atoms with Gasteiger partial charge in [-0.15, -0.1) is 0 Å². The summed E-state index contributed by atoms with van der Waals surface area (Å²) in [7, 11) is 0. The summed E-state index contributed by atoms with van der Waals surface area (Å²) in [5, 5.41) is 20.3. The van der Waals surface area contributed by atoms with E-state index < -0.39 is 5.97 Å². The van der Waals surface area contributed by atoms with Crippen LogP contribution in [0.1, 0.15) is 24.8 Å². The summed E-state index contributed by atoms with van der Waals surface area (Å²) in [6.45, 7) is 0. The van der Waals surface area contributed by atoms with E-state index in [0.29, 0.717) is 22.8 Å². The number of rotatable bonds is 7. The molecule has 0 aromatic heterocycles. The normalized spacial score (nSPS) is 15.0. The molecular formula is C15H16N2O3S. The molecule has 0 unspecified atom stereocenters. The lowest BCUT2D eigenvalue weighted by atomic mass is 10.1. The van der Waals surface area contributed by atoms with Crippen LogP contribution < -0.4 is 5.32 Å². The number of hydrogen-bond acceptors (Lipinski definition) is 4. The topological polar surface area (TPSA) is 90.2 Å². The first-order valence-electron chi connectivity index (χ1n) is 6.63. The van der Waals surface area contributed by atoms with Crippen molar-refractivity contribution in [2.45, 2.75) is 19.3 Å². The molecule has 0 heterocycles. The molecule has 1 aliphatic carbocycles. The van der Waals surface area contributed by atoms with Crippen LogP contribution in [0.5, 0.6) is 0 Å². The van der Waals surface area contributed by atoms with E-state index in [0.717, 1.165) is 12.8 Å². The number of anilines is 1. The highest BCUT2D eigenvalue weighted by Gasteiger charge is 2.44. The van der Waals surface area contributed by atoms with Gasteiger partial charge in [0.05, 0.1) is 23.8 Å². The van der Waals surface area contributed by atoms with E-state index in [-0.39, 0.29) is 17.7 Å². The van der Waals surface area contributed by atoms with Gasteiger partial charge in [0.1, 0.15) is 0 Å². The fourth-order valence-electron chi connectivity index (χ4n) is 2.06. The van der Waals surface area contributed by atoms with Crippen LogP contribution in [-0.4, -0.2) is 28.5 Å². The Hall–Kier alpha value is -2.00. The van der Waals surface area contributed by atoms with Crippen molar-refractivity contribution in [3.05, 3.63) is 29.8 Å². The van der Waals surface area contributed by atoms with E-state index in [2.05, 4.69) is 5.32 Å². The van der Waals surface area contributed by atoms with Crippen molar-refractivity contribution in [1.29, 1.82) is 5.26 Å². The molecule has 0 atom stereocenters. The Balaban J connectivity index is 1.72. The van der Waals surface area contributed by atoms with Gasteiger partial charge in [-0.25, -0.2) is 0 Å². The second-order valence-electron chi connectivity index (χ2n) is 5.30. The number of carbonyl (C=O) groups excluding carboxylic acids is 1. The molecule has 2 rings (SSSR count). The summed E-state index contributed by atoms with van der Waals surface area (Å²) in [5.41, 5.74) is 1.11. The molecule has 5 nitrogen and oxygen atoms in total. The molecule has 2 N–H and O–H groups in total. The molecule has 0 saturated heterocycles. The van der Waals surface area contributed by atoms with Crippen LogP contribution in [0.2, 0.25) is 0 Å². The summed E-state index contributed by atoms with van der Waals surface area (Å²) >= 11 is 1.47. The molecule has 1 aromatic rings. The third-order valence-electron chi connectivity index (χ3n) is 3.42. The number of nitrogens with one attached hydrogen (secondary N) is 1. The molecular weight excluding hydrogens is 288 g/mol. The van der Waals surface area contributed by atoms with E-state index in [1.165, 1.54) is 11.8 Å². The van der Waals surface area contributed by atoms with Gasteiger partial charge in [-0.3, -0.25) is 9.59 Å². The van der Waals surface area contributed by atoms with Gasteiger partial charge in [-0.1, -0.05) is 0 Å². The molecule has 0 spiro atoms. The number of benzene rings is 1. The van der Waals surface area contributed by atoms with Crippen molar-refractivity contribution in [2.75, 3.05) is 16.8 Å².